The van der Waals surface area contributed by atoms with Crippen molar-refractivity contribution in [1.82, 2.24) is 20.5 Å². The van der Waals surface area contributed by atoms with Crippen LogP contribution in [0.1, 0.15) is 26.7 Å². The third kappa shape index (κ3) is 6.42. The predicted octanol–water partition coefficient (Wildman–Crippen LogP) is 2.47. The van der Waals surface area contributed by atoms with Gasteiger partial charge < -0.3 is 20.1 Å². The lowest BCUT2D eigenvalue weighted by atomic mass is 10.0. The van der Waals surface area contributed by atoms with Gasteiger partial charge in [-0.25, -0.2) is 4.98 Å². The van der Waals surface area contributed by atoms with E-state index in [4.69, 9.17) is 9.47 Å². The SMILES string of the molecule is C=C/C(=C\C=C(/C)CN1CCC(NC(=O)[C@@H](C)NC)CC1)[C@H]1COc2cccnc2O1. The summed E-state index contributed by atoms with van der Waals surface area (Å²) in [5.74, 6) is 1.27. The van der Waals surface area contributed by atoms with Crippen LogP contribution in [0.25, 0.3) is 0 Å². The van der Waals surface area contributed by atoms with Crippen LogP contribution in [0.5, 0.6) is 11.6 Å². The first-order valence-electron chi connectivity index (χ1n) is 10.9. The molecule has 7 heteroatoms. The van der Waals surface area contributed by atoms with Gasteiger partial charge >= 0.3 is 0 Å². The molecule has 1 fully saturated rings. The van der Waals surface area contributed by atoms with E-state index in [1.165, 1.54) is 5.57 Å². The monoisotopic (exact) mass is 426 g/mol. The number of pyridine rings is 1. The number of allylic oxidation sites excluding steroid dienone is 2. The summed E-state index contributed by atoms with van der Waals surface area (Å²) in [4.78, 5) is 18.7. The van der Waals surface area contributed by atoms with Crippen molar-refractivity contribution >= 4 is 5.91 Å². The second-order valence-electron chi connectivity index (χ2n) is 8.18. The predicted molar refractivity (Wildman–Crippen MR) is 122 cm³/mol. The lowest BCUT2D eigenvalue weighted by Crippen LogP contribution is -2.49. The molecule has 2 atom stereocenters. The molecule has 1 saturated heterocycles. The van der Waals surface area contributed by atoms with E-state index < -0.39 is 0 Å². The third-order valence-electron chi connectivity index (χ3n) is 5.78. The molecule has 168 valence electrons. The molecular formula is C24H34N4O3. The van der Waals surface area contributed by atoms with Gasteiger partial charge in [-0.15, -0.1) is 0 Å². The molecule has 7 nitrogen and oxygen atoms in total. The van der Waals surface area contributed by atoms with Crippen molar-refractivity contribution in [1.29, 1.82) is 0 Å². The van der Waals surface area contributed by atoms with Gasteiger partial charge in [-0.3, -0.25) is 9.69 Å². The van der Waals surface area contributed by atoms with Crippen LogP contribution in [0.2, 0.25) is 0 Å². The largest absolute Gasteiger partial charge is 0.484 e. The second kappa shape index (κ2) is 11.1. The molecule has 1 aromatic rings. The fraction of sp³-hybridized carbons (Fsp3) is 0.500. The Morgan fingerprint density at radius 2 is 2.16 bits per heavy atom. The van der Waals surface area contributed by atoms with E-state index >= 15 is 0 Å². The standard InChI is InChI=1S/C24H34N4O3/c1-5-19(22-16-30-21-7-6-12-26-24(21)31-22)9-8-17(2)15-28-13-10-20(11-14-28)27-23(29)18(3)25-4/h5-9,12,18,20,22,25H,1,10-11,13-16H2,2-4H3,(H,27,29)/b17-8+,19-9+/t18-,22-/m1/s1. The summed E-state index contributed by atoms with van der Waals surface area (Å²) in [7, 11) is 1.80. The Balaban J connectivity index is 1.49. The van der Waals surface area contributed by atoms with Crippen LogP contribution in [0.4, 0.5) is 0 Å². The van der Waals surface area contributed by atoms with Crippen molar-refractivity contribution in [2.75, 3.05) is 33.3 Å². The van der Waals surface area contributed by atoms with Gasteiger partial charge in [-0.2, -0.15) is 0 Å². The minimum absolute atomic E-state index is 0.0749. The Labute approximate surface area is 185 Å². The summed E-state index contributed by atoms with van der Waals surface area (Å²) in [6.45, 7) is 11.2. The average Bonchev–Trinajstić information content (AvgIpc) is 2.80. The van der Waals surface area contributed by atoms with Crippen LogP contribution in [0, 0.1) is 0 Å². The lowest BCUT2D eigenvalue weighted by Gasteiger charge is -2.33. The van der Waals surface area contributed by atoms with Gasteiger partial charge in [0.25, 0.3) is 5.88 Å². The first-order valence-corrected chi connectivity index (χ1v) is 10.9. The maximum atomic E-state index is 12.0. The molecule has 3 rings (SSSR count). The first kappa shape index (κ1) is 23.0. The Hall–Kier alpha value is -2.64. The van der Waals surface area contributed by atoms with Crippen molar-refractivity contribution in [3.05, 3.63) is 54.3 Å². The molecule has 2 aliphatic rings. The zero-order valence-electron chi connectivity index (χ0n) is 18.8. The van der Waals surface area contributed by atoms with Gasteiger partial charge in [0, 0.05) is 31.9 Å². The summed E-state index contributed by atoms with van der Waals surface area (Å²) in [5, 5.41) is 6.12. The normalized spacial score (nSPS) is 21.5. The van der Waals surface area contributed by atoms with E-state index in [0.29, 0.717) is 18.2 Å². The van der Waals surface area contributed by atoms with E-state index in [0.717, 1.165) is 38.0 Å². The fourth-order valence-electron chi connectivity index (χ4n) is 3.72. The number of amides is 1. The number of piperidine rings is 1. The summed E-state index contributed by atoms with van der Waals surface area (Å²) >= 11 is 0. The highest BCUT2D eigenvalue weighted by Crippen LogP contribution is 2.30. The van der Waals surface area contributed by atoms with Gasteiger partial charge in [0.2, 0.25) is 5.91 Å². The molecule has 1 aromatic heterocycles. The van der Waals surface area contributed by atoms with Gasteiger partial charge in [-0.05, 0) is 51.4 Å². The molecule has 0 unspecified atom stereocenters. The highest BCUT2D eigenvalue weighted by Gasteiger charge is 2.24. The smallest absolute Gasteiger partial charge is 0.257 e. The number of rotatable bonds is 8. The minimum Gasteiger partial charge on any atom is -0.484 e. The molecular weight excluding hydrogens is 392 g/mol. The van der Waals surface area contributed by atoms with Crippen molar-refractivity contribution in [2.24, 2.45) is 0 Å². The minimum atomic E-state index is -0.219. The van der Waals surface area contributed by atoms with Gasteiger partial charge in [0.15, 0.2) is 11.9 Å². The fourth-order valence-corrected chi connectivity index (χ4v) is 3.72. The van der Waals surface area contributed by atoms with E-state index in [2.05, 4.69) is 46.2 Å². The van der Waals surface area contributed by atoms with Crippen molar-refractivity contribution < 1.29 is 14.3 Å². The van der Waals surface area contributed by atoms with Crippen molar-refractivity contribution in [3.8, 4) is 11.6 Å². The Morgan fingerprint density at radius 1 is 1.39 bits per heavy atom. The highest BCUT2D eigenvalue weighted by atomic mass is 16.6. The number of aromatic nitrogens is 1. The van der Waals surface area contributed by atoms with Crippen LogP contribution in [-0.2, 0) is 4.79 Å². The number of carbonyl (C=O) groups excluding carboxylic acids is 1. The first-order chi connectivity index (χ1) is 15.0. The van der Waals surface area contributed by atoms with E-state index in [1.807, 2.05) is 25.1 Å². The highest BCUT2D eigenvalue weighted by molar-refractivity contribution is 5.81. The number of nitrogens with zero attached hydrogens (tertiary/aromatic N) is 2. The maximum Gasteiger partial charge on any atom is 0.257 e. The maximum absolute atomic E-state index is 12.0. The molecule has 1 amide bonds. The Kier molecular flexibility index (Phi) is 8.26. The molecule has 2 aliphatic heterocycles. The lowest BCUT2D eigenvalue weighted by molar-refractivity contribution is -0.123. The molecule has 3 heterocycles. The Bertz CT molecular complexity index is 828. The Morgan fingerprint density at radius 3 is 2.87 bits per heavy atom. The van der Waals surface area contributed by atoms with Crippen LogP contribution in [-0.4, -0.2) is 67.3 Å². The van der Waals surface area contributed by atoms with E-state index in [9.17, 15) is 4.79 Å². The summed E-state index contributed by atoms with van der Waals surface area (Å²) in [6.07, 6.45) is 9.41. The number of likely N-dealkylation sites (N-methyl/N-ethyl adjacent to an activating group) is 1. The van der Waals surface area contributed by atoms with Gasteiger partial charge in [0.1, 0.15) is 6.61 Å². The molecule has 0 spiro atoms. The summed E-state index contributed by atoms with van der Waals surface area (Å²) in [6, 6.07) is 3.79. The molecule has 2 N–H and O–H groups in total. The number of ether oxygens (including phenoxy) is 2. The number of hydrogen-bond donors (Lipinski definition) is 2. The van der Waals surface area contributed by atoms with Gasteiger partial charge in [-0.1, -0.05) is 30.4 Å². The quantitative estimate of drug-likeness (QED) is 0.622. The van der Waals surface area contributed by atoms with E-state index in [-0.39, 0.29) is 24.1 Å². The molecule has 0 saturated carbocycles. The number of likely N-dealkylation sites (tertiary alicyclic amines) is 1. The molecule has 0 bridgehead atoms. The summed E-state index contributed by atoms with van der Waals surface area (Å²) in [5.41, 5.74) is 2.23. The molecule has 0 aliphatic carbocycles. The van der Waals surface area contributed by atoms with Crippen LogP contribution >= 0.6 is 0 Å². The number of nitrogens with one attached hydrogen (secondary N) is 2. The second-order valence-corrected chi connectivity index (χ2v) is 8.18. The third-order valence-corrected chi connectivity index (χ3v) is 5.78. The number of carbonyl (C=O) groups is 1. The molecule has 31 heavy (non-hydrogen) atoms. The zero-order valence-corrected chi connectivity index (χ0v) is 18.8. The van der Waals surface area contributed by atoms with Crippen molar-refractivity contribution in [2.45, 2.75) is 44.9 Å². The topological polar surface area (TPSA) is 75.7 Å². The molecule has 0 radical (unpaired) electrons. The molecule has 0 aromatic carbocycles. The van der Waals surface area contributed by atoms with Crippen molar-refractivity contribution in [3.63, 3.8) is 0 Å². The van der Waals surface area contributed by atoms with Crippen LogP contribution in [0.3, 0.4) is 0 Å². The number of fused-ring (bicyclic) bond motifs is 1. The van der Waals surface area contributed by atoms with Crippen LogP contribution in [0.15, 0.2) is 54.3 Å². The zero-order chi connectivity index (χ0) is 22.2. The average molecular weight is 427 g/mol. The van der Waals surface area contributed by atoms with Crippen LogP contribution < -0.4 is 20.1 Å². The number of hydrogen-bond acceptors (Lipinski definition) is 6. The summed E-state index contributed by atoms with van der Waals surface area (Å²) < 4.78 is 11.7. The van der Waals surface area contributed by atoms with Gasteiger partial charge in [0.05, 0.1) is 6.04 Å². The van der Waals surface area contributed by atoms with E-state index in [1.54, 1.807) is 13.2 Å².